The molecule has 3 aromatic rings. The molecule has 204 valence electrons. The standard InChI is InChI=1S/C26H27N5O6S2/c32-24(20-6-10-22(11-7-20)38(34,35)29-16-1-2-17-29)31(26-27-14-5-15-28-26)25(33)21-8-12-23(13-9-21)39(36,37)30-18-3-4-19-30/h5-15H,1-4,16-19H2. The minimum Gasteiger partial charge on any atom is -0.268 e. The molecule has 2 fully saturated rings. The number of hydrogen-bond donors (Lipinski definition) is 0. The van der Waals surface area contributed by atoms with Crippen LogP contribution in [0.3, 0.4) is 0 Å². The maximum absolute atomic E-state index is 13.5. The molecule has 2 aromatic carbocycles. The van der Waals surface area contributed by atoms with Gasteiger partial charge in [0.15, 0.2) is 0 Å². The third-order valence-corrected chi connectivity index (χ3v) is 10.6. The Hall–Kier alpha value is -3.52. The molecule has 13 heteroatoms. The van der Waals surface area contributed by atoms with Gasteiger partial charge in [0.1, 0.15) is 0 Å². The third-order valence-electron chi connectivity index (χ3n) is 6.77. The van der Waals surface area contributed by atoms with Crippen LogP contribution in [-0.2, 0) is 20.0 Å². The summed E-state index contributed by atoms with van der Waals surface area (Å²) in [6.45, 7) is 1.81. The van der Waals surface area contributed by atoms with Gasteiger partial charge in [-0.1, -0.05) is 0 Å². The minimum atomic E-state index is -3.67. The normalized spacial score (nSPS) is 16.8. The van der Waals surface area contributed by atoms with E-state index < -0.39 is 31.9 Å². The molecule has 0 spiro atoms. The molecule has 0 unspecified atom stereocenters. The predicted molar refractivity (Wildman–Crippen MR) is 142 cm³/mol. The van der Waals surface area contributed by atoms with E-state index in [9.17, 15) is 26.4 Å². The fraction of sp³-hybridized carbons (Fsp3) is 0.308. The summed E-state index contributed by atoms with van der Waals surface area (Å²) in [4.78, 5) is 36.1. The van der Waals surface area contributed by atoms with Crippen molar-refractivity contribution in [3.8, 4) is 0 Å². The summed E-state index contributed by atoms with van der Waals surface area (Å²) in [5.41, 5.74) is 0.119. The number of rotatable bonds is 7. The van der Waals surface area contributed by atoms with Crippen molar-refractivity contribution < 1.29 is 26.4 Å². The third kappa shape index (κ3) is 5.35. The van der Waals surface area contributed by atoms with Gasteiger partial charge < -0.3 is 0 Å². The van der Waals surface area contributed by atoms with Gasteiger partial charge in [-0.15, -0.1) is 0 Å². The molecule has 2 aliphatic rings. The summed E-state index contributed by atoms with van der Waals surface area (Å²) < 4.78 is 54.2. The van der Waals surface area contributed by atoms with Crippen molar-refractivity contribution in [3.05, 3.63) is 78.1 Å². The summed E-state index contributed by atoms with van der Waals surface area (Å²) in [5, 5.41) is 0. The lowest BCUT2D eigenvalue weighted by atomic mass is 10.1. The number of carbonyl (C=O) groups is 2. The first kappa shape index (κ1) is 27.1. The second kappa shape index (κ2) is 10.9. The fourth-order valence-electron chi connectivity index (χ4n) is 4.63. The Balaban J connectivity index is 1.43. The average molecular weight is 570 g/mol. The minimum absolute atomic E-state index is 0.0596. The molecule has 11 nitrogen and oxygen atoms in total. The molecular weight excluding hydrogens is 542 g/mol. The lowest BCUT2D eigenvalue weighted by Crippen LogP contribution is -2.38. The molecule has 0 saturated carbocycles. The molecule has 0 bridgehead atoms. The first-order chi connectivity index (χ1) is 18.7. The lowest BCUT2D eigenvalue weighted by Gasteiger charge is -2.20. The number of hydrogen-bond acceptors (Lipinski definition) is 8. The highest BCUT2D eigenvalue weighted by molar-refractivity contribution is 7.89. The first-order valence-electron chi connectivity index (χ1n) is 12.6. The molecular formula is C26H27N5O6S2. The van der Waals surface area contributed by atoms with Crippen LogP contribution in [0.1, 0.15) is 46.4 Å². The van der Waals surface area contributed by atoms with Crippen LogP contribution < -0.4 is 4.90 Å². The van der Waals surface area contributed by atoms with E-state index >= 15 is 0 Å². The molecule has 0 radical (unpaired) electrons. The van der Waals surface area contributed by atoms with Crippen LogP contribution in [0.5, 0.6) is 0 Å². The Bertz CT molecular complexity index is 1460. The van der Waals surface area contributed by atoms with Crippen molar-refractivity contribution in [2.45, 2.75) is 35.5 Å². The fourth-order valence-corrected chi connectivity index (χ4v) is 7.67. The van der Waals surface area contributed by atoms with E-state index in [4.69, 9.17) is 0 Å². The maximum atomic E-state index is 13.5. The van der Waals surface area contributed by atoms with Crippen LogP contribution in [0.25, 0.3) is 0 Å². The number of sulfonamides is 2. The largest absolute Gasteiger partial charge is 0.268 e. The van der Waals surface area contributed by atoms with E-state index in [2.05, 4.69) is 9.97 Å². The number of imide groups is 1. The first-order valence-corrected chi connectivity index (χ1v) is 15.4. The van der Waals surface area contributed by atoms with Gasteiger partial charge >= 0.3 is 0 Å². The summed E-state index contributed by atoms with van der Waals surface area (Å²) in [6.07, 6.45) is 5.97. The molecule has 5 rings (SSSR count). The highest BCUT2D eigenvalue weighted by atomic mass is 32.2. The summed E-state index contributed by atoms with van der Waals surface area (Å²) in [6, 6.07) is 12.3. The molecule has 1 aromatic heterocycles. The second-order valence-corrected chi connectivity index (χ2v) is 13.1. The van der Waals surface area contributed by atoms with E-state index in [1.807, 2.05) is 0 Å². The molecule has 3 heterocycles. The van der Waals surface area contributed by atoms with Gasteiger partial charge in [0.25, 0.3) is 11.8 Å². The molecule has 39 heavy (non-hydrogen) atoms. The van der Waals surface area contributed by atoms with E-state index in [0.29, 0.717) is 26.2 Å². The molecule has 2 saturated heterocycles. The van der Waals surface area contributed by atoms with E-state index in [1.54, 1.807) is 0 Å². The molecule has 2 amide bonds. The molecule has 0 N–H and O–H groups in total. The maximum Gasteiger partial charge on any atom is 0.267 e. The van der Waals surface area contributed by atoms with Crippen molar-refractivity contribution in [3.63, 3.8) is 0 Å². The number of aromatic nitrogens is 2. The Labute approximate surface area is 227 Å². The van der Waals surface area contributed by atoms with Crippen LogP contribution in [0.4, 0.5) is 5.95 Å². The van der Waals surface area contributed by atoms with Crippen LogP contribution in [0.2, 0.25) is 0 Å². The van der Waals surface area contributed by atoms with Crippen LogP contribution >= 0.6 is 0 Å². The Morgan fingerprint density at radius 1 is 0.615 bits per heavy atom. The van der Waals surface area contributed by atoms with Gasteiger partial charge in [0.05, 0.1) is 9.79 Å². The Morgan fingerprint density at radius 3 is 1.33 bits per heavy atom. The smallest absolute Gasteiger partial charge is 0.267 e. The summed E-state index contributed by atoms with van der Waals surface area (Å²) in [5.74, 6) is -1.69. The second-order valence-electron chi connectivity index (χ2n) is 9.27. The van der Waals surface area contributed by atoms with Gasteiger partial charge in [-0.25, -0.2) is 31.7 Å². The topological polar surface area (TPSA) is 138 Å². The van der Waals surface area contributed by atoms with Gasteiger partial charge in [-0.05, 0) is 80.3 Å². The number of carbonyl (C=O) groups excluding carboxylic acids is 2. The number of anilines is 1. The van der Waals surface area contributed by atoms with Crippen LogP contribution in [0.15, 0.2) is 76.8 Å². The predicted octanol–water partition coefficient (Wildman–Crippen LogP) is 2.53. The van der Waals surface area contributed by atoms with Crippen molar-refractivity contribution >= 4 is 37.8 Å². The van der Waals surface area contributed by atoms with Gasteiger partial charge in [-0.2, -0.15) is 8.61 Å². The van der Waals surface area contributed by atoms with Crippen molar-refractivity contribution in [1.29, 1.82) is 0 Å². The van der Waals surface area contributed by atoms with Gasteiger partial charge in [0.2, 0.25) is 26.0 Å². The monoisotopic (exact) mass is 569 g/mol. The summed E-state index contributed by atoms with van der Waals surface area (Å²) in [7, 11) is -7.34. The number of amides is 2. The van der Waals surface area contributed by atoms with E-state index in [-0.39, 0.29) is 26.9 Å². The van der Waals surface area contributed by atoms with Crippen molar-refractivity contribution in [2.75, 3.05) is 31.1 Å². The number of nitrogens with zero attached hydrogens (tertiary/aromatic N) is 5. The number of benzene rings is 2. The van der Waals surface area contributed by atoms with E-state index in [0.717, 1.165) is 30.6 Å². The highest BCUT2D eigenvalue weighted by Crippen LogP contribution is 2.24. The van der Waals surface area contributed by atoms with Gasteiger partial charge in [-0.3, -0.25) is 9.59 Å². The average Bonchev–Trinajstić information content (AvgIpc) is 3.70. The Kier molecular flexibility index (Phi) is 7.58. The highest BCUT2D eigenvalue weighted by Gasteiger charge is 2.31. The van der Waals surface area contributed by atoms with Crippen LogP contribution in [0, 0.1) is 0 Å². The zero-order chi connectivity index (χ0) is 27.6. The Morgan fingerprint density at radius 2 is 0.974 bits per heavy atom. The quantitative estimate of drug-likeness (QED) is 0.396. The lowest BCUT2D eigenvalue weighted by molar-refractivity contribution is 0.0895. The van der Waals surface area contributed by atoms with E-state index in [1.165, 1.54) is 75.6 Å². The van der Waals surface area contributed by atoms with Crippen molar-refractivity contribution in [1.82, 2.24) is 18.6 Å². The zero-order valence-electron chi connectivity index (χ0n) is 21.0. The molecule has 2 aliphatic heterocycles. The van der Waals surface area contributed by atoms with Crippen LogP contribution in [-0.4, -0.2) is 73.4 Å². The van der Waals surface area contributed by atoms with Gasteiger partial charge in [0, 0.05) is 49.7 Å². The molecule has 0 atom stereocenters. The zero-order valence-corrected chi connectivity index (χ0v) is 22.6. The summed E-state index contributed by atoms with van der Waals surface area (Å²) >= 11 is 0. The van der Waals surface area contributed by atoms with Crippen molar-refractivity contribution in [2.24, 2.45) is 0 Å². The molecule has 0 aliphatic carbocycles. The SMILES string of the molecule is O=C(c1ccc(S(=O)(=O)N2CCCC2)cc1)N(C(=O)c1ccc(S(=O)(=O)N2CCCC2)cc1)c1ncccn1.